The minimum Gasteiger partial charge on any atom is -0.469 e. The van der Waals surface area contributed by atoms with Gasteiger partial charge < -0.3 is 19.6 Å². The SMILES string of the molecule is COC(=O)Cc1nc([N+](=O)[O-])cc(OC(F)(F)F)c1C(F)(F)F. The molecule has 0 amide bonds. The summed E-state index contributed by atoms with van der Waals surface area (Å²) >= 11 is 0. The maximum Gasteiger partial charge on any atom is 0.573 e. The Hall–Kier alpha value is -2.60. The molecule has 0 saturated heterocycles. The number of pyridine rings is 1. The fourth-order valence-electron chi connectivity index (χ4n) is 1.50. The number of ether oxygens (including phenoxy) is 2. The first-order valence-electron chi connectivity index (χ1n) is 5.43. The lowest BCUT2D eigenvalue weighted by atomic mass is 10.1. The number of hydrogen-bond acceptors (Lipinski definition) is 6. The van der Waals surface area contributed by atoms with Gasteiger partial charge in [0.25, 0.3) is 0 Å². The molecule has 0 spiro atoms. The first-order valence-corrected chi connectivity index (χ1v) is 5.43. The molecule has 128 valence electrons. The van der Waals surface area contributed by atoms with Gasteiger partial charge in [0.15, 0.2) is 11.4 Å². The van der Waals surface area contributed by atoms with Crippen molar-refractivity contribution in [3.63, 3.8) is 0 Å². The van der Waals surface area contributed by atoms with Gasteiger partial charge in [0, 0.05) is 0 Å². The van der Waals surface area contributed by atoms with Crippen molar-refractivity contribution in [2.45, 2.75) is 19.0 Å². The van der Waals surface area contributed by atoms with Gasteiger partial charge in [-0.3, -0.25) is 4.79 Å². The number of aromatic nitrogens is 1. The summed E-state index contributed by atoms with van der Waals surface area (Å²) in [5.41, 5.74) is -3.37. The maximum atomic E-state index is 13.0. The van der Waals surface area contributed by atoms with E-state index < -0.39 is 52.7 Å². The largest absolute Gasteiger partial charge is 0.573 e. The smallest absolute Gasteiger partial charge is 0.469 e. The zero-order valence-corrected chi connectivity index (χ0v) is 11.0. The molecule has 13 heteroatoms. The monoisotopic (exact) mass is 348 g/mol. The molecule has 0 unspecified atom stereocenters. The highest BCUT2D eigenvalue weighted by molar-refractivity contribution is 5.73. The van der Waals surface area contributed by atoms with E-state index in [1.165, 1.54) is 0 Å². The quantitative estimate of drug-likeness (QED) is 0.359. The molecular formula is C10H6F6N2O5. The highest BCUT2D eigenvalue weighted by atomic mass is 19.4. The van der Waals surface area contributed by atoms with Crippen LogP contribution in [0.3, 0.4) is 0 Å². The number of methoxy groups -OCH3 is 1. The zero-order valence-electron chi connectivity index (χ0n) is 11.0. The predicted molar refractivity (Wildman–Crippen MR) is 58.3 cm³/mol. The third-order valence-corrected chi connectivity index (χ3v) is 2.28. The number of alkyl halides is 6. The fourth-order valence-corrected chi connectivity index (χ4v) is 1.50. The molecule has 0 aliphatic heterocycles. The first-order chi connectivity index (χ1) is 10.3. The standard InChI is InChI=1S/C10H6F6N2O5/c1-22-7(19)2-4-8(9(11,12)13)5(23-10(14,15)16)3-6(17-4)18(20)21/h3H,2H2,1H3. The Morgan fingerprint density at radius 2 is 1.87 bits per heavy atom. The molecule has 0 aromatic carbocycles. The minimum absolute atomic E-state index is 0.128. The zero-order chi connectivity index (χ0) is 18.0. The highest BCUT2D eigenvalue weighted by Gasteiger charge is 2.45. The van der Waals surface area contributed by atoms with E-state index in [2.05, 4.69) is 14.5 Å². The van der Waals surface area contributed by atoms with E-state index in [9.17, 15) is 41.3 Å². The number of nitro groups is 1. The van der Waals surface area contributed by atoms with E-state index in [1.54, 1.807) is 0 Å². The van der Waals surface area contributed by atoms with E-state index in [0.29, 0.717) is 0 Å². The lowest BCUT2D eigenvalue weighted by Gasteiger charge is -2.16. The van der Waals surface area contributed by atoms with Gasteiger partial charge in [-0.05, 0) is 9.91 Å². The summed E-state index contributed by atoms with van der Waals surface area (Å²) in [5.74, 6) is -4.52. The lowest BCUT2D eigenvalue weighted by Crippen LogP contribution is -2.23. The van der Waals surface area contributed by atoms with Crippen LogP contribution in [0.4, 0.5) is 32.2 Å². The summed E-state index contributed by atoms with van der Waals surface area (Å²) in [6.07, 6.45) is -12.2. The van der Waals surface area contributed by atoms with Gasteiger partial charge in [-0.2, -0.15) is 13.2 Å². The van der Waals surface area contributed by atoms with Crippen molar-refractivity contribution < 1.29 is 45.5 Å². The molecule has 1 aromatic heterocycles. The lowest BCUT2D eigenvalue weighted by molar-refractivity contribution is -0.389. The summed E-state index contributed by atoms with van der Waals surface area (Å²) in [7, 11) is 0.806. The van der Waals surface area contributed by atoms with E-state index in [1.807, 2.05) is 0 Å². The van der Waals surface area contributed by atoms with Gasteiger partial charge in [-0.25, -0.2) is 0 Å². The van der Waals surface area contributed by atoms with Crippen LogP contribution in [-0.4, -0.2) is 29.3 Å². The van der Waals surface area contributed by atoms with Crippen molar-refractivity contribution in [3.05, 3.63) is 27.4 Å². The molecule has 0 saturated carbocycles. The molecule has 0 aliphatic rings. The van der Waals surface area contributed by atoms with Crippen molar-refractivity contribution in [1.29, 1.82) is 0 Å². The second kappa shape index (κ2) is 6.26. The van der Waals surface area contributed by atoms with Crippen LogP contribution in [0.2, 0.25) is 0 Å². The Morgan fingerprint density at radius 3 is 2.26 bits per heavy atom. The molecule has 1 aromatic rings. The van der Waals surface area contributed by atoms with Crippen molar-refractivity contribution in [2.75, 3.05) is 7.11 Å². The number of hydrogen-bond donors (Lipinski definition) is 0. The topological polar surface area (TPSA) is 91.6 Å². The van der Waals surface area contributed by atoms with Crippen LogP contribution in [0.25, 0.3) is 0 Å². The highest BCUT2D eigenvalue weighted by Crippen LogP contribution is 2.41. The molecule has 0 fully saturated rings. The predicted octanol–water partition coefficient (Wildman–Crippen LogP) is 2.62. The molecule has 7 nitrogen and oxygen atoms in total. The van der Waals surface area contributed by atoms with Crippen molar-refractivity contribution in [3.8, 4) is 5.75 Å². The maximum absolute atomic E-state index is 13.0. The molecular weight excluding hydrogens is 342 g/mol. The minimum atomic E-state index is -5.54. The normalized spacial score (nSPS) is 12.0. The van der Waals surface area contributed by atoms with Gasteiger partial charge in [-0.1, -0.05) is 0 Å². The van der Waals surface area contributed by atoms with Crippen LogP contribution >= 0.6 is 0 Å². The van der Waals surface area contributed by atoms with Gasteiger partial charge in [0.05, 0.1) is 13.2 Å². The van der Waals surface area contributed by atoms with Gasteiger partial charge in [-0.15, -0.1) is 13.2 Å². The Labute approximate surface area is 123 Å². The molecule has 0 bridgehead atoms. The third kappa shape index (κ3) is 4.96. The Balaban J connectivity index is 3.62. The van der Waals surface area contributed by atoms with E-state index in [0.717, 1.165) is 7.11 Å². The van der Waals surface area contributed by atoms with E-state index >= 15 is 0 Å². The number of rotatable bonds is 4. The fraction of sp³-hybridized carbons (Fsp3) is 0.400. The molecule has 1 heterocycles. The number of nitrogens with zero attached hydrogens (tertiary/aromatic N) is 2. The van der Waals surface area contributed by atoms with Gasteiger partial charge in [0.1, 0.15) is 12.0 Å². The second-order valence-electron chi connectivity index (χ2n) is 3.86. The van der Waals surface area contributed by atoms with Gasteiger partial charge >= 0.3 is 24.3 Å². The Bertz CT molecular complexity index is 627. The van der Waals surface area contributed by atoms with Crippen LogP contribution in [0.5, 0.6) is 5.75 Å². The number of halogens is 6. The Kier molecular flexibility index (Phi) is 5.02. The molecule has 0 atom stereocenters. The summed E-state index contributed by atoms with van der Waals surface area (Å²) in [6, 6.07) is -0.128. The van der Waals surface area contributed by atoms with Crippen LogP contribution in [0, 0.1) is 10.1 Å². The van der Waals surface area contributed by atoms with Crippen LogP contribution < -0.4 is 4.74 Å². The summed E-state index contributed by atoms with van der Waals surface area (Å²) < 4.78 is 82.9. The first kappa shape index (κ1) is 18.4. The molecule has 1 rings (SSSR count). The number of carbonyl (C=O) groups excluding carboxylic acids is 1. The van der Waals surface area contributed by atoms with Crippen molar-refractivity contribution in [2.24, 2.45) is 0 Å². The number of carbonyl (C=O) groups is 1. The van der Waals surface area contributed by atoms with Crippen molar-refractivity contribution in [1.82, 2.24) is 4.98 Å². The second-order valence-corrected chi connectivity index (χ2v) is 3.86. The summed E-state index contributed by atoms with van der Waals surface area (Å²) in [6.45, 7) is 0. The molecule has 0 aliphatic carbocycles. The van der Waals surface area contributed by atoms with Crippen LogP contribution in [0.15, 0.2) is 6.07 Å². The summed E-state index contributed by atoms with van der Waals surface area (Å²) in [5, 5.41) is 10.6. The Morgan fingerprint density at radius 1 is 1.30 bits per heavy atom. The molecule has 0 N–H and O–H groups in total. The summed E-state index contributed by atoms with van der Waals surface area (Å²) in [4.78, 5) is 23.3. The number of esters is 1. The molecule has 23 heavy (non-hydrogen) atoms. The average molecular weight is 348 g/mol. The average Bonchev–Trinajstić information content (AvgIpc) is 2.34. The van der Waals surface area contributed by atoms with E-state index in [4.69, 9.17) is 0 Å². The third-order valence-electron chi connectivity index (χ3n) is 2.28. The van der Waals surface area contributed by atoms with Gasteiger partial charge in [0.2, 0.25) is 0 Å². The molecule has 0 radical (unpaired) electrons. The van der Waals surface area contributed by atoms with Crippen LogP contribution in [0.1, 0.15) is 11.3 Å². The van der Waals surface area contributed by atoms with Crippen molar-refractivity contribution >= 4 is 11.8 Å². The van der Waals surface area contributed by atoms with E-state index in [-0.39, 0.29) is 6.07 Å². The van der Waals surface area contributed by atoms with Crippen LogP contribution in [-0.2, 0) is 22.1 Å².